The number of aryl methyl sites for hydroxylation is 4. The molecule has 0 saturated carbocycles. The molecule has 36 heavy (non-hydrogen) atoms. The minimum Gasteiger partial charge on any atom is -0.380 e. The van der Waals surface area contributed by atoms with E-state index in [2.05, 4.69) is 95.1 Å². The number of para-hydroxylation sites is 2. The quantitative estimate of drug-likeness (QED) is 0.219. The molecule has 0 aliphatic rings. The van der Waals surface area contributed by atoms with Gasteiger partial charge in [0.25, 0.3) is 0 Å². The molecule has 0 radical (unpaired) electrons. The number of nitrogens with two attached hydrogens (primary N) is 1. The third kappa shape index (κ3) is 5.89. The lowest BCUT2D eigenvalue weighted by molar-refractivity contribution is 0.537. The molecule has 5 rings (SSSR count). The second-order valence-corrected chi connectivity index (χ2v) is 9.88. The molecule has 3 aromatic heterocycles. The number of nitrogens with one attached hydrogen (secondary N) is 3. The van der Waals surface area contributed by atoms with E-state index in [1.54, 1.807) is 0 Å². The molecule has 6 heteroatoms. The summed E-state index contributed by atoms with van der Waals surface area (Å²) in [5, 5.41) is 5.95. The van der Waals surface area contributed by atoms with Crippen LogP contribution in [0.2, 0.25) is 0 Å². The number of fused-ring (bicyclic) bond motifs is 2. The van der Waals surface area contributed by atoms with Crippen LogP contribution in [-0.4, -0.2) is 25.1 Å². The van der Waals surface area contributed by atoms with Crippen LogP contribution in [0, 0.1) is 6.92 Å². The molecule has 0 fully saturated rings. The van der Waals surface area contributed by atoms with Gasteiger partial charge < -0.3 is 25.6 Å². The Morgan fingerprint density at radius 1 is 1.03 bits per heavy atom. The maximum Gasteiger partial charge on any atom is 0.128 e. The van der Waals surface area contributed by atoms with Crippen LogP contribution in [0.3, 0.4) is 0 Å². The summed E-state index contributed by atoms with van der Waals surface area (Å²) in [6.45, 7) is 13.7. The van der Waals surface area contributed by atoms with Crippen LogP contribution < -0.4 is 11.1 Å². The van der Waals surface area contributed by atoms with Gasteiger partial charge in [0.2, 0.25) is 0 Å². The molecule has 0 unspecified atom stereocenters. The molecule has 0 spiro atoms. The number of nitrogens with zero attached hydrogens (tertiary/aromatic N) is 2. The molecule has 0 aliphatic heterocycles. The molecule has 0 bridgehead atoms. The van der Waals surface area contributed by atoms with Crippen molar-refractivity contribution in [1.29, 1.82) is 0 Å². The van der Waals surface area contributed by atoms with E-state index in [0.717, 1.165) is 36.6 Å². The lowest BCUT2D eigenvalue weighted by Crippen LogP contribution is -2.40. The van der Waals surface area contributed by atoms with Gasteiger partial charge in [-0.1, -0.05) is 49.9 Å². The van der Waals surface area contributed by atoms with Gasteiger partial charge in [-0.25, -0.2) is 4.98 Å². The van der Waals surface area contributed by atoms with Crippen molar-refractivity contribution < 1.29 is 0 Å². The van der Waals surface area contributed by atoms with Crippen molar-refractivity contribution >= 4 is 21.8 Å². The zero-order chi connectivity index (χ0) is 25.7. The van der Waals surface area contributed by atoms with Gasteiger partial charge in [0.1, 0.15) is 5.82 Å². The topological polar surface area (TPSA) is 87.4 Å². The highest BCUT2D eigenvalue weighted by molar-refractivity contribution is 5.83. The van der Waals surface area contributed by atoms with Crippen LogP contribution in [0.1, 0.15) is 43.4 Å². The van der Waals surface area contributed by atoms with Gasteiger partial charge in [-0.2, -0.15) is 0 Å². The zero-order valence-electron chi connectivity index (χ0n) is 21.9. The summed E-state index contributed by atoms with van der Waals surface area (Å²) in [6.07, 6.45) is 8.18. The van der Waals surface area contributed by atoms with E-state index in [-0.39, 0.29) is 0 Å². The summed E-state index contributed by atoms with van der Waals surface area (Å²) in [6, 6.07) is 16.7. The molecule has 0 saturated heterocycles. The van der Waals surface area contributed by atoms with Crippen molar-refractivity contribution in [3.63, 3.8) is 0 Å². The normalized spacial score (nSPS) is 11.5. The largest absolute Gasteiger partial charge is 0.380 e. The first-order chi connectivity index (χ1) is 17.3. The van der Waals surface area contributed by atoms with Crippen molar-refractivity contribution in [3.05, 3.63) is 102 Å². The number of rotatable bonds is 8. The molecule has 6 nitrogen and oxygen atoms in total. The average molecular weight is 483 g/mol. The fourth-order valence-electron chi connectivity index (χ4n) is 4.23. The fraction of sp³-hybridized carbons (Fsp3) is 0.300. The lowest BCUT2D eigenvalue weighted by atomic mass is 10.0. The maximum atomic E-state index is 6.10. The van der Waals surface area contributed by atoms with E-state index >= 15 is 0 Å². The van der Waals surface area contributed by atoms with E-state index in [1.165, 1.54) is 32.9 Å². The first-order valence-electron chi connectivity index (χ1n) is 12.6. The second kappa shape index (κ2) is 10.9. The van der Waals surface area contributed by atoms with Crippen molar-refractivity contribution in [2.24, 2.45) is 5.73 Å². The Morgan fingerprint density at radius 3 is 2.33 bits per heavy atom. The summed E-state index contributed by atoms with van der Waals surface area (Å²) in [5.74, 6) is 1.02. The van der Waals surface area contributed by atoms with Gasteiger partial charge in [0.15, 0.2) is 0 Å². The first-order valence-corrected chi connectivity index (χ1v) is 12.6. The molecular formula is C30H38N6. The predicted molar refractivity (Wildman–Crippen MR) is 151 cm³/mol. The van der Waals surface area contributed by atoms with Crippen molar-refractivity contribution in [2.75, 3.05) is 0 Å². The standard InChI is InChI=1S/C21H29N5.C9H9N/c1-5-17-14-26(20(25-17)13-23-15(2)21(3,4)22)11-10-16-12-24-19-9-7-6-8-18(16)19;1-7-6-10-9-5-3-2-4-8(7)9/h6-9,12,14,23-24H,2,5,10-11,13,22H2,1,3-4H3;2-6,10H,1H3. The minimum atomic E-state index is -0.449. The monoisotopic (exact) mass is 482 g/mol. The third-order valence-electron chi connectivity index (χ3n) is 6.60. The maximum absolute atomic E-state index is 6.10. The summed E-state index contributed by atoms with van der Waals surface area (Å²) < 4.78 is 2.24. The Hall–Kier alpha value is -3.77. The van der Waals surface area contributed by atoms with Gasteiger partial charge in [0, 0.05) is 58.2 Å². The van der Waals surface area contributed by atoms with E-state index < -0.39 is 5.54 Å². The van der Waals surface area contributed by atoms with Crippen LogP contribution in [0.5, 0.6) is 0 Å². The minimum absolute atomic E-state index is 0.449. The van der Waals surface area contributed by atoms with Crippen molar-refractivity contribution in [2.45, 2.75) is 59.2 Å². The van der Waals surface area contributed by atoms with Crippen LogP contribution in [0.15, 0.2) is 79.4 Å². The number of imidazole rings is 1. The number of H-pyrrole nitrogens is 2. The summed E-state index contributed by atoms with van der Waals surface area (Å²) in [5.41, 5.74) is 12.6. The smallest absolute Gasteiger partial charge is 0.128 e. The van der Waals surface area contributed by atoms with Gasteiger partial charge in [-0.3, -0.25) is 0 Å². The fourth-order valence-corrected chi connectivity index (χ4v) is 4.23. The molecule has 5 aromatic rings. The first kappa shape index (κ1) is 25.3. The molecule has 188 valence electrons. The summed E-state index contributed by atoms with van der Waals surface area (Å²) >= 11 is 0. The number of benzene rings is 2. The molecular weight excluding hydrogens is 444 g/mol. The molecule has 3 heterocycles. The van der Waals surface area contributed by atoms with Gasteiger partial charge in [-0.05, 0) is 56.9 Å². The number of hydrogen-bond donors (Lipinski definition) is 4. The van der Waals surface area contributed by atoms with Crippen LogP contribution in [0.4, 0.5) is 0 Å². The van der Waals surface area contributed by atoms with Gasteiger partial charge in [-0.15, -0.1) is 0 Å². The molecule has 5 N–H and O–H groups in total. The van der Waals surface area contributed by atoms with E-state index in [0.29, 0.717) is 6.54 Å². The highest BCUT2D eigenvalue weighted by Crippen LogP contribution is 2.19. The summed E-state index contributed by atoms with van der Waals surface area (Å²) in [4.78, 5) is 11.3. The number of hydrogen-bond acceptors (Lipinski definition) is 3. The lowest BCUT2D eigenvalue weighted by Gasteiger charge is -2.23. The number of aromatic nitrogens is 4. The molecule has 0 atom stereocenters. The third-order valence-corrected chi connectivity index (χ3v) is 6.60. The van der Waals surface area contributed by atoms with Crippen molar-refractivity contribution in [3.8, 4) is 0 Å². The predicted octanol–water partition coefficient (Wildman–Crippen LogP) is 5.99. The Morgan fingerprint density at radius 2 is 1.67 bits per heavy atom. The highest BCUT2D eigenvalue weighted by Gasteiger charge is 2.16. The van der Waals surface area contributed by atoms with E-state index in [9.17, 15) is 0 Å². The Balaban J connectivity index is 0.000000251. The van der Waals surface area contributed by atoms with Crippen LogP contribution in [0.25, 0.3) is 21.8 Å². The Kier molecular flexibility index (Phi) is 7.65. The molecule has 0 aliphatic carbocycles. The van der Waals surface area contributed by atoms with E-state index in [1.807, 2.05) is 26.1 Å². The molecule has 2 aromatic carbocycles. The second-order valence-electron chi connectivity index (χ2n) is 9.88. The van der Waals surface area contributed by atoms with Gasteiger partial charge >= 0.3 is 0 Å². The SMILES string of the molecule is C=C(NCc1nc(CC)cn1CCc1c[nH]c2ccccc12)C(C)(C)N.Cc1c[nH]c2ccccc12. The summed E-state index contributed by atoms with van der Waals surface area (Å²) in [7, 11) is 0. The van der Waals surface area contributed by atoms with Crippen LogP contribution in [-0.2, 0) is 25.9 Å². The Labute approximate surface area is 213 Å². The van der Waals surface area contributed by atoms with E-state index in [4.69, 9.17) is 10.7 Å². The van der Waals surface area contributed by atoms with Gasteiger partial charge in [0.05, 0.1) is 12.2 Å². The average Bonchev–Trinajstić information content (AvgIpc) is 3.58. The Bertz CT molecular complexity index is 1440. The number of aromatic amines is 2. The van der Waals surface area contributed by atoms with Crippen LogP contribution >= 0.6 is 0 Å². The molecule has 0 amide bonds. The van der Waals surface area contributed by atoms with Crippen molar-refractivity contribution in [1.82, 2.24) is 24.8 Å². The highest BCUT2D eigenvalue weighted by atomic mass is 15.1. The zero-order valence-corrected chi connectivity index (χ0v) is 21.9.